The fourth-order valence-corrected chi connectivity index (χ4v) is 8.90. The van der Waals surface area contributed by atoms with Crippen molar-refractivity contribution in [2.75, 3.05) is 20.3 Å². The molecule has 8 heteroatoms. The predicted molar refractivity (Wildman–Crippen MR) is 106 cm³/mol. The zero-order valence-corrected chi connectivity index (χ0v) is 18.7. The summed E-state index contributed by atoms with van der Waals surface area (Å²) in [7, 11) is 1.49. The molecule has 0 amide bonds. The van der Waals surface area contributed by atoms with E-state index in [9.17, 15) is 24.9 Å². The van der Waals surface area contributed by atoms with Crippen molar-refractivity contribution in [1.82, 2.24) is 0 Å². The van der Waals surface area contributed by atoms with E-state index in [1.165, 1.54) is 14.0 Å². The summed E-state index contributed by atoms with van der Waals surface area (Å²) in [5, 5.41) is 35.1. The minimum atomic E-state index is -2.24. The topological polar surface area (TPSA) is 123 Å². The van der Waals surface area contributed by atoms with Crippen LogP contribution in [0.5, 0.6) is 0 Å². The van der Waals surface area contributed by atoms with Crippen molar-refractivity contribution in [2.45, 2.75) is 70.6 Å². The monoisotopic (exact) mass is 438 g/mol. The molecule has 0 aromatic rings. The summed E-state index contributed by atoms with van der Waals surface area (Å²) in [4.78, 5) is 26.1. The maximum Gasteiger partial charge on any atom is 0.302 e. The summed E-state index contributed by atoms with van der Waals surface area (Å²) < 4.78 is 17.1. The lowest BCUT2D eigenvalue weighted by atomic mass is 9.36. The Hall–Kier alpha value is -1.06. The van der Waals surface area contributed by atoms with Gasteiger partial charge in [-0.3, -0.25) is 9.59 Å². The fraction of sp³-hybridized carbons (Fsp3) is 0.913. The number of Topliss-reactive ketones (excluding diaryl/α,β-unsaturated/α-hetero) is 1. The quantitative estimate of drug-likeness (QED) is 0.549. The van der Waals surface area contributed by atoms with Crippen LogP contribution in [-0.2, 0) is 23.8 Å². The summed E-state index contributed by atoms with van der Waals surface area (Å²) >= 11 is 0. The third kappa shape index (κ3) is 2.28. The van der Waals surface area contributed by atoms with Gasteiger partial charge < -0.3 is 29.5 Å². The Kier molecular flexibility index (Phi) is 4.57. The van der Waals surface area contributed by atoms with E-state index in [1.54, 1.807) is 0 Å². The summed E-state index contributed by atoms with van der Waals surface area (Å²) in [5.41, 5.74) is -2.75. The van der Waals surface area contributed by atoms with Gasteiger partial charge in [0.05, 0.1) is 19.3 Å². The van der Waals surface area contributed by atoms with E-state index in [2.05, 4.69) is 13.8 Å². The number of aliphatic hydroxyl groups excluding tert-OH is 2. The number of ether oxygens (including phenoxy) is 3. The van der Waals surface area contributed by atoms with Gasteiger partial charge in [0.1, 0.15) is 17.6 Å². The molecule has 0 aromatic heterocycles. The number of fused-ring (bicyclic) bond motifs is 2. The highest BCUT2D eigenvalue weighted by molar-refractivity contribution is 5.93. The van der Waals surface area contributed by atoms with Crippen molar-refractivity contribution in [3.05, 3.63) is 0 Å². The van der Waals surface area contributed by atoms with Crippen molar-refractivity contribution in [3.63, 3.8) is 0 Å². The standard InChI is InChI=1S/C23H34O8/c1-11(24)31-14-8-12-13(9-29-4)18(26)22(17(12)25)15(14)21-7-5-6-20(2,3)16(21)19(27)23(22,28)30-10-21/h12-17,19,25,27-28H,5-10H2,1-4H3/t12-,13-,14-,15-,16+,17+,19-,21+,22+,23+/m0/s1. The van der Waals surface area contributed by atoms with Crippen molar-refractivity contribution >= 4 is 11.8 Å². The first kappa shape index (κ1) is 21.8. The zero-order valence-electron chi connectivity index (χ0n) is 18.7. The average molecular weight is 439 g/mol. The SMILES string of the molecule is COC[C@@H]1C(=O)[C@]23[C@H](O)[C@H]1C[C@H](OC(C)=O)[C@H]2[C@]12CCCC(C)(C)[C@H]1[C@H](O)[C@@]3(O)OC2. The molecule has 4 saturated carbocycles. The van der Waals surface area contributed by atoms with Crippen LogP contribution < -0.4 is 0 Å². The third-order valence-corrected chi connectivity index (χ3v) is 9.58. The number of methoxy groups -OCH3 is 1. The molecule has 0 radical (unpaired) electrons. The van der Waals surface area contributed by atoms with E-state index in [0.717, 1.165) is 12.8 Å². The number of aliphatic hydroxyl groups is 3. The normalized spacial score (nSPS) is 54.3. The molecule has 2 aliphatic heterocycles. The largest absolute Gasteiger partial charge is 0.462 e. The van der Waals surface area contributed by atoms with Gasteiger partial charge in [-0.2, -0.15) is 0 Å². The first-order chi connectivity index (χ1) is 14.5. The first-order valence-corrected chi connectivity index (χ1v) is 11.4. The zero-order chi connectivity index (χ0) is 22.6. The molecule has 6 aliphatic rings. The van der Waals surface area contributed by atoms with Crippen molar-refractivity contribution in [3.8, 4) is 0 Å². The number of esters is 1. The first-order valence-electron chi connectivity index (χ1n) is 11.4. The number of ketones is 1. The Balaban J connectivity index is 1.77. The lowest BCUT2D eigenvalue weighted by Crippen LogP contribution is -2.85. The lowest BCUT2D eigenvalue weighted by Gasteiger charge is -2.74. The summed E-state index contributed by atoms with van der Waals surface area (Å²) in [6.45, 7) is 5.75. The molecule has 8 nitrogen and oxygen atoms in total. The van der Waals surface area contributed by atoms with Crippen LogP contribution in [0.25, 0.3) is 0 Å². The van der Waals surface area contributed by atoms with Gasteiger partial charge in [0.25, 0.3) is 0 Å². The van der Waals surface area contributed by atoms with Crippen molar-refractivity contribution < 1.29 is 39.1 Å². The van der Waals surface area contributed by atoms with Crippen LogP contribution in [0.4, 0.5) is 0 Å². The molecular formula is C23H34O8. The van der Waals surface area contributed by atoms with Gasteiger partial charge in [0.2, 0.25) is 5.79 Å². The minimum Gasteiger partial charge on any atom is -0.462 e. The molecule has 2 saturated heterocycles. The van der Waals surface area contributed by atoms with Gasteiger partial charge in [0.15, 0.2) is 5.78 Å². The second-order valence-electron chi connectivity index (χ2n) is 11.2. The van der Waals surface area contributed by atoms with Crippen molar-refractivity contribution in [2.24, 2.45) is 39.9 Å². The molecular weight excluding hydrogens is 404 g/mol. The molecule has 6 rings (SSSR count). The summed E-state index contributed by atoms with van der Waals surface area (Å²) in [5.74, 6) is -5.21. The Morgan fingerprint density at radius 3 is 2.55 bits per heavy atom. The molecule has 31 heavy (non-hydrogen) atoms. The predicted octanol–water partition coefficient (Wildman–Crippen LogP) is 0.653. The van der Waals surface area contributed by atoms with Crippen LogP contribution in [-0.4, -0.2) is 71.5 Å². The molecule has 4 bridgehead atoms. The highest BCUT2D eigenvalue weighted by Crippen LogP contribution is 2.76. The number of carbonyl (C=O) groups excluding carboxylic acids is 2. The maximum atomic E-state index is 14.0. The van der Waals surface area contributed by atoms with Crippen LogP contribution in [0.2, 0.25) is 0 Å². The lowest BCUT2D eigenvalue weighted by molar-refractivity contribution is -0.456. The van der Waals surface area contributed by atoms with E-state index < -0.39 is 58.7 Å². The maximum absolute atomic E-state index is 14.0. The van der Waals surface area contributed by atoms with Crippen molar-refractivity contribution in [1.29, 1.82) is 0 Å². The van der Waals surface area contributed by atoms with Gasteiger partial charge in [-0.05, 0) is 24.7 Å². The van der Waals surface area contributed by atoms with E-state index in [-0.39, 0.29) is 30.3 Å². The van der Waals surface area contributed by atoms with Crippen LogP contribution in [0.15, 0.2) is 0 Å². The second kappa shape index (κ2) is 6.50. The van der Waals surface area contributed by atoms with Gasteiger partial charge in [-0.25, -0.2) is 0 Å². The highest BCUT2D eigenvalue weighted by atomic mass is 16.6. The third-order valence-electron chi connectivity index (χ3n) is 9.58. The smallest absolute Gasteiger partial charge is 0.302 e. The van der Waals surface area contributed by atoms with E-state index in [0.29, 0.717) is 12.8 Å². The Morgan fingerprint density at radius 1 is 1.19 bits per heavy atom. The molecule has 4 aliphatic carbocycles. The molecule has 2 spiro atoms. The number of carbonyl (C=O) groups is 2. The molecule has 6 fully saturated rings. The fourth-order valence-electron chi connectivity index (χ4n) is 8.90. The van der Waals surface area contributed by atoms with Crippen LogP contribution in [0, 0.1) is 39.9 Å². The number of hydrogen-bond donors (Lipinski definition) is 3. The number of hydrogen-bond acceptors (Lipinski definition) is 8. The molecule has 0 unspecified atom stereocenters. The van der Waals surface area contributed by atoms with Crippen LogP contribution >= 0.6 is 0 Å². The highest BCUT2D eigenvalue weighted by Gasteiger charge is 2.88. The molecule has 10 atom stereocenters. The molecule has 3 N–H and O–H groups in total. The second-order valence-corrected chi connectivity index (χ2v) is 11.2. The van der Waals surface area contributed by atoms with Gasteiger partial charge >= 0.3 is 5.97 Å². The van der Waals surface area contributed by atoms with E-state index in [4.69, 9.17) is 14.2 Å². The number of rotatable bonds is 3. The minimum absolute atomic E-state index is 0.0932. The van der Waals surface area contributed by atoms with Crippen LogP contribution in [0.1, 0.15) is 46.5 Å². The Labute approximate surface area is 182 Å². The van der Waals surface area contributed by atoms with Gasteiger partial charge in [0, 0.05) is 43.1 Å². The van der Waals surface area contributed by atoms with E-state index in [1.807, 2.05) is 0 Å². The van der Waals surface area contributed by atoms with Crippen LogP contribution in [0.3, 0.4) is 0 Å². The molecule has 174 valence electrons. The summed E-state index contributed by atoms with van der Waals surface area (Å²) in [6.07, 6.45) is -0.436. The van der Waals surface area contributed by atoms with Gasteiger partial charge in [-0.1, -0.05) is 20.3 Å². The Morgan fingerprint density at radius 2 is 1.90 bits per heavy atom. The average Bonchev–Trinajstić information content (AvgIpc) is 2.79. The van der Waals surface area contributed by atoms with E-state index >= 15 is 0 Å². The van der Waals surface area contributed by atoms with Gasteiger partial charge in [-0.15, -0.1) is 0 Å². The summed E-state index contributed by atoms with van der Waals surface area (Å²) in [6, 6.07) is 0. The molecule has 2 heterocycles. The molecule has 0 aromatic carbocycles. The Bertz CT molecular complexity index is 811.